The number of benzene rings is 1. The smallest absolute Gasteiger partial charge is 0.234 e. The second-order valence-corrected chi connectivity index (χ2v) is 7.74. The number of rotatable bonds is 5. The van der Waals surface area contributed by atoms with Gasteiger partial charge in [0.2, 0.25) is 5.91 Å². The monoisotopic (exact) mass is 401 g/mol. The maximum absolute atomic E-state index is 12.4. The highest BCUT2D eigenvalue weighted by molar-refractivity contribution is 8.00. The Morgan fingerprint density at radius 1 is 1.37 bits per heavy atom. The minimum atomic E-state index is -0.207. The Labute approximate surface area is 168 Å². The van der Waals surface area contributed by atoms with Crippen molar-refractivity contribution in [2.75, 3.05) is 18.2 Å². The molecule has 7 heteroatoms. The van der Waals surface area contributed by atoms with Gasteiger partial charge < -0.3 is 10.1 Å². The second kappa shape index (κ2) is 8.64. The fraction of sp³-hybridized carbons (Fsp3) is 0.350. The molecule has 1 heterocycles. The molecule has 5 nitrogen and oxygen atoms in total. The SMILES string of the molecule is COc1ccc(Cl)cc1NC(=O)CSc1nc(C)c2c(c1C#N)CCCC2. The topological polar surface area (TPSA) is 75.0 Å². The van der Waals surface area contributed by atoms with Crippen molar-refractivity contribution in [2.24, 2.45) is 0 Å². The molecular weight excluding hydrogens is 382 g/mol. The zero-order chi connectivity index (χ0) is 19.4. The minimum absolute atomic E-state index is 0.148. The van der Waals surface area contributed by atoms with Crippen molar-refractivity contribution in [2.45, 2.75) is 37.6 Å². The molecule has 2 aromatic rings. The molecule has 0 bridgehead atoms. The molecule has 1 N–H and O–H groups in total. The minimum Gasteiger partial charge on any atom is -0.495 e. The van der Waals surface area contributed by atoms with Crippen LogP contribution < -0.4 is 10.1 Å². The van der Waals surface area contributed by atoms with E-state index in [4.69, 9.17) is 16.3 Å². The van der Waals surface area contributed by atoms with Gasteiger partial charge in [0.1, 0.15) is 16.8 Å². The standard InChI is InChI=1S/C20H20ClN3O2S/c1-12-14-5-3-4-6-15(14)16(10-22)20(23-12)27-11-19(25)24-17-9-13(21)7-8-18(17)26-2/h7-9H,3-6,11H2,1-2H3,(H,24,25). The van der Waals surface area contributed by atoms with Crippen LogP contribution in [0.5, 0.6) is 5.75 Å². The summed E-state index contributed by atoms with van der Waals surface area (Å²) < 4.78 is 5.24. The number of anilines is 1. The van der Waals surface area contributed by atoms with Gasteiger partial charge >= 0.3 is 0 Å². The van der Waals surface area contributed by atoms with Gasteiger partial charge in [-0.1, -0.05) is 23.4 Å². The fourth-order valence-corrected chi connectivity index (χ4v) is 4.33. The maximum Gasteiger partial charge on any atom is 0.234 e. The first-order valence-corrected chi connectivity index (χ1v) is 10.1. The number of nitriles is 1. The first-order chi connectivity index (χ1) is 13.0. The number of fused-ring (bicyclic) bond motifs is 1. The molecule has 0 saturated carbocycles. The number of thioether (sulfide) groups is 1. The lowest BCUT2D eigenvalue weighted by Crippen LogP contribution is -2.16. The van der Waals surface area contributed by atoms with Crippen molar-refractivity contribution in [3.05, 3.63) is 45.6 Å². The molecule has 1 amide bonds. The van der Waals surface area contributed by atoms with Gasteiger partial charge in [0.25, 0.3) is 0 Å². The number of nitrogens with one attached hydrogen (secondary N) is 1. The highest BCUT2D eigenvalue weighted by atomic mass is 35.5. The van der Waals surface area contributed by atoms with E-state index in [1.54, 1.807) is 18.2 Å². The lowest BCUT2D eigenvalue weighted by Gasteiger charge is -2.20. The molecule has 0 fully saturated rings. The average molecular weight is 402 g/mol. The van der Waals surface area contributed by atoms with E-state index in [9.17, 15) is 10.1 Å². The number of halogens is 1. The number of pyridine rings is 1. The van der Waals surface area contributed by atoms with E-state index in [2.05, 4.69) is 16.4 Å². The summed E-state index contributed by atoms with van der Waals surface area (Å²) in [6, 6.07) is 7.34. The van der Waals surface area contributed by atoms with E-state index in [0.717, 1.165) is 36.9 Å². The number of aryl methyl sites for hydroxylation is 1. The summed E-state index contributed by atoms with van der Waals surface area (Å²) in [6.45, 7) is 1.98. The molecule has 3 rings (SSSR count). The number of aromatic nitrogens is 1. The molecule has 140 valence electrons. The van der Waals surface area contributed by atoms with Crippen molar-refractivity contribution < 1.29 is 9.53 Å². The second-order valence-electron chi connectivity index (χ2n) is 6.33. The molecule has 0 atom stereocenters. The van der Waals surface area contributed by atoms with Gasteiger partial charge in [0.05, 0.1) is 24.1 Å². The third kappa shape index (κ3) is 4.37. The Hall–Kier alpha value is -2.23. The molecule has 1 aliphatic rings. The zero-order valence-corrected chi connectivity index (χ0v) is 16.8. The molecule has 0 aliphatic heterocycles. The van der Waals surface area contributed by atoms with Crippen LogP contribution in [0.4, 0.5) is 5.69 Å². The summed E-state index contributed by atoms with van der Waals surface area (Å²) in [4.78, 5) is 17.0. The van der Waals surface area contributed by atoms with Crippen molar-refractivity contribution in [3.8, 4) is 11.8 Å². The number of ether oxygens (including phenoxy) is 1. The number of carbonyl (C=O) groups is 1. The van der Waals surface area contributed by atoms with E-state index in [-0.39, 0.29) is 11.7 Å². The zero-order valence-electron chi connectivity index (χ0n) is 15.3. The molecule has 0 spiro atoms. The molecule has 0 unspecified atom stereocenters. The van der Waals surface area contributed by atoms with Crippen LogP contribution >= 0.6 is 23.4 Å². The van der Waals surface area contributed by atoms with Gasteiger partial charge in [-0.3, -0.25) is 4.79 Å². The van der Waals surface area contributed by atoms with Crippen molar-refractivity contribution in [1.29, 1.82) is 5.26 Å². The van der Waals surface area contributed by atoms with Crippen LogP contribution in [0.3, 0.4) is 0 Å². The largest absolute Gasteiger partial charge is 0.495 e. The first kappa shape index (κ1) is 19.5. The molecule has 0 saturated heterocycles. The number of nitrogens with zero attached hydrogens (tertiary/aromatic N) is 2. The number of carbonyl (C=O) groups excluding carboxylic acids is 1. The lowest BCUT2D eigenvalue weighted by molar-refractivity contribution is -0.113. The van der Waals surface area contributed by atoms with Crippen LogP contribution in [0.1, 0.15) is 35.2 Å². The van der Waals surface area contributed by atoms with Crippen LogP contribution in [0, 0.1) is 18.3 Å². The lowest BCUT2D eigenvalue weighted by atomic mass is 9.88. The van der Waals surface area contributed by atoms with Crippen LogP contribution in [-0.4, -0.2) is 23.8 Å². The Morgan fingerprint density at radius 3 is 2.81 bits per heavy atom. The predicted molar refractivity (Wildman–Crippen MR) is 108 cm³/mol. The Kier molecular flexibility index (Phi) is 6.25. The number of hydrogen-bond acceptors (Lipinski definition) is 5. The van der Waals surface area contributed by atoms with E-state index in [1.165, 1.54) is 24.4 Å². The van der Waals surface area contributed by atoms with Crippen LogP contribution in [0.15, 0.2) is 23.2 Å². The van der Waals surface area contributed by atoms with Crippen molar-refractivity contribution in [3.63, 3.8) is 0 Å². The van der Waals surface area contributed by atoms with E-state index < -0.39 is 0 Å². The van der Waals surface area contributed by atoms with Gasteiger partial charge in [0.15, 0.2) is 0 Å². The third-order valence-corrected chi connectivity index (χ3v) is 5.79. The van der Waals surface area contributed by atoms with Gasteiger partial charge in [-0.15, -0.1) is 0 Å². The summed E-state index contributed by atoms with van der Waals surface area (Å²) in [6.07, 6.45) is 4.10. The molecule has 1 aromatic carbocycles. The number of amides is 1. The summed E-state index contributed by atoms with van der Waals surface area (Å²) in [7, 11) is 1.53. The van der Waals surface area contributed by atoms with Gasteiger partial charge in [-0.05, 0) is 61.9 Å². The van der Waals surface area contributed by atoms with E-state index in [0.29, 0.717) is 27.0 Å². The van der Waals surface area contributed by atoms with Crippen LogP contribution in [-0.2, 0) is 17.6 Å². The van der Waals surface area contributed by atoms with E-state index >= 15 is 0 Å². The Bertz CT molecular complexity index is 924. The highest BCUT2D eigenvalue weighted by Crippen LogP contribution is 2.32. The molecule has 1 aromatic heterocycles. The molecular formula is C20H20ClN3O2S. The quantitative estimate of drug-likeness (QED) is 0.744. The summed E-state index contributed by atoms with van der Waals surface area (Å²) in [5.74, 6) is 0.482. The van der Waals surface area contributed by atoms with Crippen LogP contribution in [0.2, 0.25) is 5.02 Å². The molecule has 27 heavy (non-hydrogen) atoms. The third-order valence-electron chi connectivity index (χ3n) is 4.58. The average Bonchev–Trinajstić information content (AvgIpc) is 2.67. The number of hydrogen-bond donors (Lipinski definition) is 1. The summed E-state index contributed by atoms with van der Waals surface area (Å²) in [5, 5.41) is 13.6. The predicted octanol–water partition coefficient (Wildman–Crippen LogP) is 4.53. The van der Waals surface area contributed by atoms with Gasteiger partial charge in [-0.2, -0.15) is 5.26 Å². The Balaban J connectivity index is 1.75. The first-order valence-electron chi connectivity index (χ1n) is 8.72. The Morgan fingerprint density at radius 2 is 2.11 bits per heavy atom. The highest BCUT2D eigenvalue weighted by Gasteiger charge is 2.21. The van der Waals surface area contributed by atoms with Crippen LogP contribution in [0.25, 0.3) is 0 Å². The van der Waals surface area contributed by atoms with Gasteiger partial charge in [-0.25, -0.2) is 4.98 Å². The van der Waals surface area contributed by atoms with Crippen molar-refractivity contribution in [1.82, 2.24) is 4.98 Å². The maximum atomic E-state index is 12.4. The summed E-state index contributed by atoms with van der Waals surface area (Å²) >= 11 is 7.28. The van der Waals surface area contributed by atoms with Crippen molar-refractivity contribution >= 4 is 35.0 Å². The van der Waals surface area contributed by atoms with Gasteiger partial charge in [0, 0.05) is 10.7 Å². The van der Waals surface area contributed by atoms with E-state index in [1.807, 2.05) is 6.92 Å². The normalized spacial score (nSPS) is 12.8. The fourth-order valence-electron chi connectivity index (χ4n) is 3.30. The number of methoxy groups -OCH3 is 1. The summed E-state index contributed by atoms with van der Waals surface area (Å²) in [5.41, 5.74) is 4.41. The molecule has 1 aliphatic carbocycles. The molecule has 0 radical (unpaired) electrons.